The molecular weight excluding hydrogens is 545 g/mol. The van der Waals surface area contributed by atoms with Crippen molar-refractivity contribution in [2.24, 2.45) is 10.7 Å². The molecule has 3 N–H and O–H groups in total. The van der Waals surface area contributed by atoms with Crippen LogP contribution in [0.2, 0.25) is 0 Å². The minimum absolute atomic E-state index is 0.0645. The Hall–Kier alpha value is -2.79. The summed E-state index contributed by atoms with van der Waals surface area (Å²) in [5.41, 5.74) is 3.80. The fourth-order valence-electron chi connectivity index (χ4n) is 3.38. The third-order valence-electron chi connectivity index (χ3n) is 5.34. The molecule has 0 fully saturated rings. The maximum atomic E-state index is 13.4. The van der Waals surface area contributed by atoms with Gasteiger partial charge in [-0.1, -0.05) is 18.2 Å². The van der Waals surface area contributed by atoms with Gasteiger partial charge in [-0.15, -0.1) is 23.1 Å². The average molecular weight is 579 g/mol. The zero-order chi connectivity index (χ0) is 29.0. The van der Waals surface area contributed by atoms with Crippen molar-refractivity contribution >= 4 is 34.5 Å². The normalized spacial score (nSPS) is 14.4. The molecule has 0 aliphatic heterocycles. The van der Waals surface area contributed by atoms with Crippen LogP contribution in [0.3, 0.4) is 0 Å². The highest BCUT2D eigenvalue weighted by molar-refractivity contribution is 7.98. The molecule has 1 unspecified atom stereocenters. The molecule has 10 heteroatoms. The van der Waals surface area contributed by atoms with Crippen LogP contribution in [0.1, 0.15) is 39.5 Å². The van der Waals surface area contributed by atoms with Gasteiger partial charge in [-0.2, -0.15) is 13.2 Å². The van der Waals surface area contributed by atoms with Crippen LogP contribution in [0.5, 0.6) is 5.75 Å². The number of halogens is 3. The lowest BCUT2D eigenvalue weighted by molar-refractivity contribution is -0.231. The molecule has 210 valence electrons. The molecule has 0 aliphatic rings. The second kappa shape index (κ2) is 12.2. The standard InChI is InChI=1S/C29H33F3N2O3S2/c1-27(2,3)37-26(35)28(4,5)36-20-11-8-10-19(16-20)34-22(17-25(33)29(30,31)32)24-14-13-23(39-24)18-9-7-12-21(15-18)38-6/h7-17,26,35H,33H2,1-6H3. The van der Waals surface area contributed by atoms with Gasteiger partial charge in [0.2, 0.25) is 0 Å². The van der Waals surface area contributed by atoms with Gasteiger partial charge in [0.1, 0.15) is 11.4 Å². The summed E-state index contributed by atoms with van der Waals surface area (Å²) in [5, 5.41) is 10.5. The highest BCUT2D eigenvalue weighted by Crippen LogP contribution is 2.33. The number of benzene rings is 2. The number of alkyl halides is 3. The van der Waals surface area contributed by atoms with E-state index in [2.05, 4.69) is 4.99 Å². The van der Waals surface area contributed by atoms with E-state index in [1.165, 1.54) is 11.3 Å². The predicted octanol–water partition coefficient (Wildman–Crippen LogP) is 7.95. The monoisotopic (exact) mass is 578 g/mol. The summed E-state index contributed by atoms with van der Waals surface area (Å²) in [6, 6.07) is 18.1. The number of nitrogens with zero attached hydrogens (tertiary/aromatic N) is 1. The third kappa shape index (κ3) is 8.86. The molecule has 0 amide bonds. The molecule has 0 bridgehead atoms. The summed E-state index contributed by atoms with van der Waals surface area (Å²) in [7, 11) is 0. The largest absolute Gasteiger partial charge is 0.482 e. The van der Waals surface area contributed by atoms with Crippen LogP contribution in [0.25, 0.3) is 10.4 Å². The van der Waals surface area contributed by atoms with Gasteiger partial charge in [-0.05, 0) is 88.9 Å². The Morgan fingerprint density at radius 2 is 1.72 bits per heavy atom. The van der Waals surface area contributed by atoms with Crippen LogP contribution < -0.4 is 10.5 Å². The highest BCUT2D eigenvalue weighted by atomic mass is 32.2. The number of nitrogens with two attached hydrogens (primary N) is 1. The van der Waals surface area contributed by atoms with Gasteiger partial charge in [0.05, 0.1) is 21.9 Å². The lowest BCUT2D eigenvalue weighted by atomic mass is 10.1. The average Bonchev–Trinajstić information content (AvgIpc) is 3.32. The van der Waals surface area contributed by atoms with Crippen molar-refractivity contribution < 1.29 is 27.8 Å². The Balaban J connectivity index is 1.99. The van der Waals surface area contributed by atoms with Crippen molar-refractivity contribution in [3.05, 3.63) is 77.3 Å². The molecule has 0 aliphatic carbocycles. The molecule has 3 rings (SSSR count). The number of rotatable bonds is 9. The second-order valence-corrected chi connectivity index (χ2v) is 12.2. The van der Waals surface area contributed by atoms with Crippen LogP contribution in [-0.2, 0) is 4.74 Å². The first-order valence-corrected chi connectivity index (χ1v) is 14.1. The van der Waals surface area contributed by atoms with E-state index in [0.717, 1.165) is 21.4 Å². The Morgan fingerprint density at radius 1 is 1.03 bits per heavy atom. The number of thiophene rings is 1. The van der Waals surface area contributed by atoms with Gasteiger partial charge >= 0.3 is 6.18 Å². The van der Waals surface area contributed by atoms with Crippen molar-refractivity contribution in [2.75, 3.05) is 6.26 Å². The van der Waals surface area contributed by atoms with Gasteiger partial charge in [0.15, 0.2) is 11.9 Å². The van der Waals surface area contributed by atoms with E-state index in [-0.39, 0.29) is 5.71 Å². The van der Waals surface area contributed by atoms with Crippen LogP contribution in [0, 0.1) is 0 Å². The topological polar surface area (TPSA) is 77.1 Å². The SMILES string of the molecule is CSc1cccc(-c2ccc(C(C=C(N)C(F)(F)F)=Nc3cccc(OC(C)(C)C(O)OC(C)(C)C)c3)s2)c1. The number of thioether (sulfide) groups is 1. The van der Waals surface area contributed by atoms with Gasteiger partial charge in [-0.25, -0.2) is 4.99 Å². The summed E-state index contributed by atoms with van der Waals surface area (Å²) < 4.78 is 51.7. The molecule has 0 saturated carbocycles. The quantitative estimate of drug-likeness (QED) is 0.153. The summed E-state index contributed by atoms with van der Waals surface area (Å²) in [6.07, 6.45) is -3.12. The van der Waals surface area contributed by atoms with E-state index in [9.17, 15) is 18.3 Å². The van der Waals surface area contributed by atoms with Crippen LogP contribution in [-0.4, -0.2) is 40.7 Å². The number of aliphatic hydroxyl groups excluding tert-OH is 1. The van der Waals surface area contributed by atoms with Crippen molar-refractivity contribution in [1.82, 2.24) is 0 Å². The molecule has 2 aromatic carbocycles. The molecule has 39 heavy (non-hydrogen) atoms. The first kappa shape index (κ1) is 30.7. The van der Waals surface area contributed by atoms with Gasteiger partial charge in [0, 0.05) is 15.8 Å². The Morgan fingerprint density at radius 3 is 2.36 bits per heavy atom. The molecule has 0 saturated heterocycles. The maximum absolute atomic E-state index is 13.4. The number of ether oxygens (including phenoxy) is 2. The maximum Gasteiger partial charge on any atom is 0.430 e. The fourth-order valence-corrected chi connectivity index (χ4v) is 4.80. The van der Waals surface area contributed by atoms with E-state index in [4.69, 9.17) is 15.2 Å². The van der Waals surface area contributed by atoms with Gasteiger partial charge < -0.3 is 20.3 Å². The lowest BCUT2D eigenvalue weighted by Crippen LogP contribution is -2.46. The summed E-state index contributed by atoms with van der Waals surface area (Å²) >= 11 is 2.93. The Kier molecular flexibility index (Phi) is 9.59. The molecule has 0 radical (unpaired) electrons. The molecular formula is C29H33F3N2O3S2. The molecule has 3 aromatic rings. The zero-order valence-corrected chi connectivity index (χ0v) is 24.3. The highest BCUT2D eigenvalue weighted by Gasteiger charge is 2.34. The van der Waals surface area contributed by atoms with Crippen molar-refractivity contribution in [3.63, 3.8) is 0 Å². The summed E-state index contributed by atoms with van der Waals surface area (Å²) in [6.45, 7) is 8.81. The van der Waals surface area contributed by atoms with E-state index < -0.39 is 29.4 Å². The second-order valence-electron chi connectivity index (χ2n) is 10.3. The molecule has 1 heterocycles. The first-order valence-electron chi connectivity index (χ1n) is 12.1. The van der Waals surface area contributed by atoms with Gasteiger partial charge in [0.25, 0.3) is 0 Å². The Labute approximate surface area is 235 Å². The van der Waals surface area contributed by atoms with E-state index in [1.807, 2.05) is 57.4 Å². The fraction of sp³-hybridized carbons (Fsp3) is 0.345. The number of hydrogen-bond donors (Lipinski definition) is 2. The van der Waals surface area contributed by atoms with Crippen molar-refractivity contribution in [2.45, 2.75) is 63.2 Å². The molecule has 0 spiro atoms. The van der Waals surface area contributed by atoms with Crippen LogP contribution in [0.15, 0.2) is 82.3 Å². The Bertz CT molecular complexity index is 1340. The number of hydrogen-bond acceptors (Lipinski definition) is 7. The first-order chi connectivity index (χ1) is 18.1. The third-order valence-corrected chi connectivity index (χ3v) is 7.22. The molecule has 1 atom stereocenters. The number of aliphatic hydroxyl groups is 1. The minimum atomic E-state index is -4.70. The smallest absolute Gasteiger partial charge is 0.430 e. The predicted molar refractivity (Wildman–Crippen MR) is 154 cm³/mol. The number of aliphatic imine (C=N–C) groups is 1. The van der Waals surface area contributed by atoms with E-state index in [1.54, 1.807) is 55.9 Å². The van der Waals surface area contributed by atoms with Crippen LogP contribution in [0.4, 0.5) is 18.9 Å². The zero-order valence-electron chi connectivity index (χ0n) is 22.7. The minimum Gasteiger partial charge on any atom is -0.482 e. The summed E-state index contributed by atoms with van der Waals surface area (Å²) in [4.78, 5) is 7.00. The van der Waals surface area contributed by atoms with E-state index >= 15 is 0 Å². The van der Waals surface area contributed by atoms with Crippen molar-refractivity contribution in [1.29, 1.82) is 0 Å². The number of allylic oxidation sites excluding steroid dienone is 2. The molecule has 5 nitrogen and oxygen atoms in total. The van der Waals surface area contributed by atoms with E-state index in [0.29, 0.717) is 16.3 Å². The molecule has 1 aromatic heterocycles. The summed E-state index contributed by atoms with van der Waals surface area (Å²) in [5.74, 6) is 0.366. The lowest BCUT2D eigenvalue weighted by Gasteiger charge is -2.35. The van der Waals surface area contributed by atoms with Gasteiger partial charge in [-0.3, -0.25) is 0 Å². The van der Waals surface area contributed by atoms with Crippen molar-refractivity contribution in [3.8, 4) is 16.2 Å². The van der Waals surface area contributed by atoms with Crippen LogP contribution >= 0.6 is 23.1 Å².